The molecule has 5 nitrogen and oxygen atoms in total. The van der Waals surface area contributed by atoms with E-state index >= 15 is 0 Å². The van der Waals surface area contributed by atoms with Crippen LogP contribution in [0, 0.1) is 5.41 Å². The van der Waals surface area contributed by atoms with Crippen molar-refractivity contribution in [1.29, 1.82) is 0 Å². The molecule has 80 valence electrons. The molecule has 1 aliphatic carbocycles. The Kier molecular flexibility index (Phi) is 2.64. The Hall–Kier alpha value is -1.49. The lowest BCUT2D eigenvalue weighted by molar-refractivity contribution is -0.129. The average molecular weight is 206 g/mol. The van der Waals surface area contributed by atoms with Gasteiger partial charge in [0, 0.05) is 18.9 Å². The molecule has 1 aromatic rings. The van der Waals surface area contributed by atoms with Crippen LogP contribution in [-0.2, 0) is 4.79 Å². The van der Waals surface area contributed by atoms with Crippen molar-refractivity contribution in [2.24, 2.45) is 11.1 Å². The Balaban J connectivity index is 2.04. The van der Waals surface area contributed by atoms with Crippen molar-refractivity contribution in [3.63, 3.8) is 0 Å². The topological polar surface area (TPSA) is 80.9 Å². The highest BCUT2D eigenvalue weighted by Crippen LogP contribution is 2.40. The maximum absolute atomic E-state index is 11.9. The number of nitrogens with one attached hydrogen (secondary N) is 1. The van der Waals surface area contributed by atoms with E-state index in [0.717, 1.165) is 19.3 Å². The van der Waals surface area contributed by atoms with Crippen LogP contribution in [0.25, 0.3) is 0 Å². The number of rotatable bonds is 3. The third kappa shape index (κ3) is 1.83. The van der Waals surface area contributed by atoms with Gasteiger partial charge in [0.15, 0.2) is 0 Å². The van der Waals surface area contributed by atoms with Crippen molar-refractivity contribution in [2.45, 2.75) is 19.3 Å². The number of amides is 1. The van der Waals surface area contributed by atoms with E-state index in [1.165, 1.54) is 0 Å². The summed E-state index contributed by atoms with van der Waals surface area (Å²) < 4.78 is 0. The fourth-order valence-corrected chi connectivity index (χ4v) is 1.73. The number of nitrogens with zero attached hydrogens (tertiary/aromatic N) is 2. The number of carbonyl (C=O) groups is 1. The third-order valence-electron chi connectivity index (χ3n) is 2.97. The Labute approximate surface area is 88.1 Å². The molecule has 0 aromatic carbocycles. The highest BCUT2D eigenvalue weighted by atomic mass is 16.2. The van der Waals surface area contributed by atoms with E-state index in [9.17, 15) is 4.79 Å². The Morgan fingerprint density at radius 3 is 2.60 bits per heavy atom. The van der Waals surface area contributed by atoms with Crippen LogP contribution >= 0.6 is 0 Å². The van der Waals surface area contributed by atoms with Gasteiger partial charge in [0.25, 0.3) is 0 Å². The fraction of sp³-hybridized carbons (Fsp3) is 0.500. The molecule has 1 aliphatic rings. The summed E-state index contributed by atoms with van der Waals surface area (Å²) in [5, 5.41) is 2.69. The summed E-state index contributed by atoms with van der Waals surface area (Å²) in [6.45, 7) is 0.395. The number of hydrogen-bond donors (Lipinski definition) is 2. The van der Waals surface area contributed by atoms with Gasteiger partial charge < -0.3 is 5.73 Å². The van der Waals surface area contributed by atoms with Crippen LogP contribution in [0.2, 0.25) is 0 Å². The minimum absolute atomic E-state index is 0.0533. The SMILES string of the molecule is NCC1(C(=O)Nc2ncccn2)CCC1. The summed E-state index contributed by atoms with van der Waals surface area (Å²) in [6, 6.07) is 1.71. The molecule has 1 saturated carbocycles. The van der Waals surface area contributed by atoms with Crippen molar-refractivity contribution in [3.8, 4) is 0 Å². The Morgan fingerprint density at radius 2 is 2.13 bits per heavy atom. The molecule has 2 rings (SSSR count). The average Bonchev–Trinajstić information content (AvgIpc) is 2.18. The normalized spacial score (nSPS) is 17.9. The molecule has 1 aromatic heterocycles. The van der Waals surface area contributed by atoms with Crippen LogP contribution < -0.4 is 11.1 Å². The molecular weight excluding hydrogens is 192 g/mol. The first-order valence-electron chi connectivity index (χ1n) is 5.05. The van der Waals surface area contributed by atoms with E-state index < -0.39 is 0 Å². The summed E-state index contributed by atoms with van der Waals surface area (Å²) in [4.78, 5) is 19.8. The maximum Gasteiger partial charge on any atom is 0.234 e. The molecule has 0 spiro atoms. The largest absolute Gasteiger partial charge is 0.329 e. The van der Waals surface area contributed by atoms with E-state index in [1.807, 2.05) is 0 Å². The fourth-order valence-electron chi connectivity index (χ4n) is 1.73. The van der Waals surface area contributed by atoms with Gasteiger partial charge in [-0.25, -0.2) is 9.97 Å². The van der Waals surface area contributed by atoms with Crippen molar-refractivity contribution in [2.75, 3.05) is 11.9 Å². The van der Waals surface area contributed by atoms with Crippen LogP contribution in [0.1, 0.15) is 19.3 Å². The summed E-state index contributed by atoms with van der Waals surface area (Å²) in [5.74, 6) is 0.296. The van der Waals surface area contributed by atoms with Crippen LogP contribution in [0.4, 0.5) is 5.95 Å². The zero-order chi connectivity index (χ0) is 10.7. The monoisotopic (exact) mass is 206 g/mol. The van der Waals surface area contributed by atoms with E-state index in [-0.39, 0.29) is 11.3 Å². The Bertz CT molecular complexity index is 342. The molecule has 1 fully saturated rings. The molecule has 1 amide bonds. The van der Waals surface area contributed by atoms with E-state index in [4.69, 9.17) is 5.73 Å². The van der Waals surface area contributed by atoms with Crippen LogP contribution in [0.3, 0.4) is 0 Å². The lowest BCUT2D eigenvalue weighted by atomic mass is 9.68. The number of aromatic nitrogens is 2. The molecule has 3 N–H and O–H groups in total. The highest BCUT2D eigenvalue weighted by Gasteiger charge is 2.43. The van der Waals surface area contributed by atoms with Crippen molar-refractivity contribution < 1.29 is 4.79 Å². The van der Waals surface area contributed by atoms with Gasteiger partial charge in [-0.1, -0.05) is 6.42 Å². The van der Waals surface area contributed by atoms with Gasteiger partial charge in [0.05, 0.1) is 5.41 Å². The Morgan fingerprint density at radius 1 is 1.47 bits per heavy atom. The summed E-state index contributed by atoms with van der Waals surface area (Å²) in [7, 11) is 0. The summed E-state index contributed by atoms with van der Waals surface area (Å²) >= 11 is 0. The van der Waals surface area contributed by atoms with E-state index in [0.29, 0.717) is 12.5 Å². The minimum atomic E-state index is -0.376. The first-order valence-corrected chi connectivity index (χ1v) is 5.05. The van der Waals surface area contributed by atoms with Gasteiger partial charge in [-0.05, 0) is 18.9 Å². The van der Waals surface area contributed by atoms with Gasteiger partial charge in [-0.2, -0.15) is 0 Å². The number of anilines is 1. The van der Waals surface area contributed by atoms with Gasteiger partial charge in [-0.3, -0.25) is 10.1 Å². The van der Waals surface area contributed by atoms with Gasteiger partial charge in [-0.15, -0.1) is 0 Å². The zero-order valence-corrected chi connectivity index (χ0v) is 8.44. The first kappa shape index (κ1) is 10.0. The lowest BCUT2D eigenvalue weighted by Crippen LogP contribution is -2.47. The van der Waals surface area contributed by atoms with Crippen LogP contribution in [-0.4, -0.2) is 22.4 Å². The third-order valence-corrected chi connectivity index (χ3v) is 2.97. The van der Waals surface area contributed by atoms with Gasteiger partial charge in [0.1, 0.15) is 0 Å². The molecule has 0 radical (unpaired) electrons. The number of carbonyl (C=O) groups excluding carboxylic acids is 1. The summed E-state index contributed by atoms with van der Waals surface area (Å²) in [5.41, 5.74) is 5.25. The second-order valence-electron chi connectivity index (χ2n) is 3.86. The van der Waals surface area contributed by atoms with Crippen molar-refractivity contribution >= 4 is 11.9 Å². The molecule has 15 heavy (non-hydrogen) atoms. The molecule has 0 unspecified atom stereocenters. The molecule has 0 saturated heterocycles. The zero-order valence-electron chi connectivity index (χ0n) is 8.44. The second kappa shape index (κ2) is 3.94. The molecular formula is C10H14N4O. The molecule has 0 atom stereocenters. The van der Waals surface area contributed by atoms with Crippen molar-refractivity contribution in [1.82, 2.24) is 9.97 Å². The molecule has 0 aliphatic heterocycles. The maximum atomic E-state index is 11.9. The predicted molar refractivity (Wildman–Crippen MR) is 56.0 cm³/mol. The second-order valence-corrected chi connectivity index (χ2v) is 3.86. The standard InChI is InChI=1S/C10H14N4O/c11-7-10(3-1-4-10)8(15)14-9-12-5-2-6-13-9/h2,5-6H,1,3-4,7,11H2,(H,12,13,14,15). The van der Waals surface area contributed by atoms with E-state index in [1.54, 1.807) is 18.5 Å². The minimum Gasteiger partial charge on any atom is -0.329 e. The van der Waals surface area contributed by atoms with Gasteiger partial charge in [0.2, 0.25) is 11.9 Å². The lowest BCUT2D eigenvalue weighted by Gasteiger charge is -2.38. The number of hydrogen-bond acceptors (Lipinski definition) is 4. The first-order chi connectivity index (χ1) is 7.27. The van der Waals surface area contributed by atoms with Crippen LogP contribution in [0.15, 0.2) is 18.5 Å². The van der Waals surface area contributed by atoms with Crippen molar-refractivity contribution in [3.05, 3.63) is 18.5 Å². The highest BCUT2D eigenvalue weighted by molar-refractivity contribution is 5.94. The van der Waals surface area contributed by atoms with E-state index in [2.05, 4.69) is 15.3 Å². The molecule has 5 heteroatoms. The van der Waals surface area contributed by atoms with Gasteiger partial charge >= 0.3 is 0 Å². The summed E-state index contributed by atoms with van der Waals surface area (Å²) in [6.07, 6.45) is 5.99. The molecule has 0 bridgehead atoms. The molecule has 1 heterocycles. The van der Waals surface area contributed by atoms with Crippen LogP contribution in [0.5, 0.6) is 0 Å². The predicted octanol–water partition coefficient (Wildman–Crippen LogP) is 0.544. The number of nitrogens with two attached hydrogens (primary N) is 1. The quantitative estimate of drug-likeness (QED) is 0.756. The smallest absolute Gasteiger partial charge is 0.234 e.